The van der Waals surface area contributed by atoms with Crippen molar-refractivity contribution in [1.29, 1.82) is 0 Å². The van der Waals surface area contributed by atoms with Crippen molar-refractivity contribution in [3.63, 3.8) is 0 Å². The molecule has 13 nitrogen and oxygen atoms in total. The van der Waals surface area contributed by atoms with E-state index >= 15 is 4.79 Å². The molecule has 9 fully saturated rings. The quantitative estimate of drug-likeness (QED) is 0.0272. The predicted octanol–water partition coefficient (Wildman–Crippen LogP) is 8.73. The molecule has 0 unspecified atom stereocenters. The topological polar surface area (TPSA) is 206 Å². The van der Waals surface area contributed by atoms with Crippen LogP contribution in [0.4, 0.5) is 0 Å². The van der Waals surface area contributed by atoms with Crippen LogP contribution in [0.1, 0.15) is 79.7 Å². The van der Waals surface area contributed by atoms with Gasteiger partial charge in [0.2, 0.25) is 5.79 Å². The summed E-state index contributed by atoms with van der Waals surface area (Å²) < 4.78 is 21.2. The van der Waals surface area contributed by atoms with Crippen LogP contribution >= 0.6 is 43.2 Å². The summed E-state index contributed by atoms with van der Waals surface area (Å²) in [5.74, 6) is -3.37. The third kappa shape index (κ3) is 7.50. The molecule has 422 valence electrons. The smallest absolute Gasteiger partial charge is 0.343 e. The first-order valence-corrected chi connectivity index (χ1v) is 33.9. The Hall–Kier alpha value is -3.53. The number of fused-ring (bicyclic) bond motifs is 4. The minimum absolute atomic E-state index is 0.111. The van der Waals surface area contributed by atoms with E-state index in [9.17, 15) is 30.6 Å². The van der Waals surface area contributed by atoms with Crippen molar-refractivity contribution in [3.8, 4) is 11.5 Å². The number of aliphatic hydroxyl groups excluding tert-OH is 3. The molecular weight excluding hydrogens is 1090 g/mol. The highest BCUT2D eigenvalue weighted by Gasteiger charge is 2.84. The van der Waals surface area contributed by atoms with Gasteiger partial charge in [0.15, 0.2) is 17.5 Å². The minimum atomic E-state index is -2.69. The number of aryl methyl sites for hydroxylation is 1. The highest BCUT2D eigenvalue weighted by Crippen LogP contribution is 2.78. The number of hydrogen-bond acceptors (Lipinski definition) is 16. The first-order valence-electron chi connectivity index (χ1n) is 29.2. The molecule has 0 amide bonds. The average molecular weight is 1160 g/mol. The molecular formula is C63H71N3O10S4. The van der Waals surface area contributed by atoms with Crippen LogP contribution in [0.25, 0.3) is 32.4 Å². The van der Waals surface area contributed by atoms with Gasteiger partial charge in [-0.25, -0.2) is 4.79 Å². The summed E-state index contributed by atoms with van der Waals surface area (Å²) in [7, 11) is 9.32. The maximum absolute atomic E-state index is 15.7. The van der Waals surface area contributed by atoms with Gasteiger partial charge in [-0.05, 0) is 164 Å². The van der Waals surface area contributed by atoms with Crippen molar-refractivity contribution < 1.29 is 49.6 Å². The zero-order chi connectivity index (χ0) is 54.5. The van der Waals surface area contributed by atoms with Gasteiger partial charge in [0.25, 0.3) is 0 Å². The highest BCUT2D eigenvalue weighted by molar-refractivity contribution is 8.78. The molecule has 18 rings (SSSR count). The Morgan fingerprint density at radius 3 is 2.45 bits per heavy atom. The molecule has 6 aromatic rings. The first kappa shape index (κ1) is 53.2. The van der Waals surface area contributed by atoms with Crippen molar-refractivity contribution in [2.24, 2.45) is 40.9 Å². The molecule has 0 radical (unpaired) electrons. The number of esters is 1. The van der Waals surface area contributed by atoms with Crippen molar-refractivity contribution >= 4 is 81.6 Å². The van der Waals surface area contributed by atoms with Crippen LogP contribution in [0.3, 0.4) is 0 Å². The van der Waals surface area contributed by atoms with Crippen LogP contribution in [0.15, 0.2) is 97.1 Å². The fraction of sp³-hybridized carbons (Fsp3) is 0.540. The number of carbonyl (C=O) groups excluding carboxylic acids is 1. The van der Waals surface area contributed by atoms with E-state index in [2.05, 4.69) is 64.1 Å². The number of benzene rings is 5. The van der Waals surface area contributed by atoms with E-state index in [1.807, 2.05) is 77.2 Å². The summed E-state index contributed by atoms with van der Waals surface area (Å²) in [5.41, 5.74) is 0.719. The lowest BCUT2D eigenvalue weighted by molar-refractivity contribution is -0.381. The largest absolute Gasteiger partial charge is 0.508 e. The van der Waals surface area contributed by atoms with Gasteiger partial charge >= 0.3 is 5.97 Å². The number of phenolic OH excluding ortho intramolecular Hbond substituents is 1. The van der Waals surface area contributed by atoms with Crippen LogP contribution in [-0.2, 0) is 32.7 Å². The number of ether oxygens (including phenoxy) is 3. The molecule has 7 aliphatic heterocycles. The number of hydrogen-bond donors (Lipinski definition) is 9. The number of carbonyl (C=O) groups is 1. The standard InChI is InChI=1S/C63H71N3O10S4/c1-64-49-30-77-80-51-31-78-79-50(28-65-21-7-10-32-8-3-2-4-9-32)44-27-46-42-26-43(49)55(69)60(20-19-36-14-15-37-24-41(51)40-25-38(68)16-17-45(40)61(36,37)60)57(42)75-58-54(76-63(73,56(44)70)62(46,58)72)59(71)74-53-48(29-67)66-47-18-13-35-22-33-11-5-6-12-34(33)23-39(35)52(47)53/h2-6,8-9,11-13,16-18,22-23,25,36-37,41-44,46,49-51,54-58,64-70,72-73H,7,10,14-15,19-21,24,26-31H2,1H3/t36-,37+,41-,42+,43+,44-,46+,49-,50-,51-,54+,55+,56-,57+,58-,60+,61+,62+,63-/m0/s1. The molecule has 5 saturated heterocycles. The SMILES string of the molecule is CN[C@H]1CSS[C@H]2CSS[C@@H](CNCCCc3ccccc3)[C@@H]3C[C@@H]4[C@H]5C[C@H]1[C@@H](O)[C@]1(CC[C@@H]6CC[C@@H]7C[C@H]2c2cc(O)ccc2[C@@]671)[C@@H]5O[C@H]1[C@H](C(=O)Oc2c(CO)[nH]c5ccc6cc7ccccc7cc6c25)O[C@@](O)([C@H]3O)[C@@]41O. The van der Waals surface area contributed by atoms with E-state index in [0.717, 1.165) is 83.7 Å². The second-order valence-corrected chi connectivity index (χ2v) is 30.3. The number of nitrogens with one attached hydrogen (secondary N) is 3. The third-order valence-electron chi connectivity index (χ3n) is 21.9. The number of H-pyrrole nitrogens is 1. The van der Waals surface area contributed by atoms with E-state index in [1.54, 1.807) is 21.6 Å². The zero-order valence-electron chi connectivity index (χ0n) is 44.7. The van der Waals surface area contributed by atoms with Gasteiger partial charge in [0.05, 0.1) is 35.4 Å². The molecule has 8 heterocycles. The molecule has 9 N–H and O–H groups in total. The maximum atomic E-state index is 15.7. The minimum Gasteiger partial charge on any atom is -0.508 e. The number of aromatic hydroxyl groups is 1. The lowest BCUT2D eigenvalue weighted by Crippen LogP contribution is -2.80. The van der Waals surface area contributed by atoms with E-state index in [-0.39, 0.29) is 57.4 Å². The first-order chi connectivity index (χ1) is 38.9. The Morgan fingerprint density at radius 2 is 1.62 bits per heavy atom. The Morgan fingerprint density at radius 1 is 0.825 bits per heavy atom. The van der Waals surface area contributed by atoms with Gasteiger partial charge in [0.1, 0.15) is 18.0 Å². The zero-order valence-corrected chi connectivity index (χ0v) is 48.0. The van der Waals surface area contributed by atoms with Gasteiger partial charge in [0, 0.05) is 63.2 Å². The normalized spacial score (nSPS) is 40.4. The number of aliphatic hydroxyl groups is 5. The molecule has 4 saturated carbocycles. The van der Waals surface area contributed by atoms with Crippen molar-refractivity contribution in [1.82, 2.24) is 15.6 Å². The molecule has 5 aromatic carbocycles. The summed E-state index contributed by atoms with van der Waals surface area (Å²) in [5, 5.41) is 89.4. The maximum Gasteiger partial charge on any atom is 0.343 e. The Balaban J connectivity index is 0.904. The van der Waals surface area contributed by atoms with Crippen LogP contribution < -0.4 is 15.4 Å². The molecule has 19 atom stereocenters. The summed E-state index contributed by atoms with van der Waals surface area (Å²) >= 11 is 0. The fourth-order valence-corrected chi connectivity index (χ4v) is 25.8. The van der Waals surface area contributed by atoms with E-state index in [0.29, 0.717) is 36.7 Å². The lowest BCUT2D eigenvalue weighted by atomic mass is 9.40. The number of aromatic nitrogens is 1. The summed E-state index contributed by atoms with van der Waals surface area (Å²) in [6.07, 6.45) is 0.476. The molecule has 80 heavy (non-hydrogen) atoms. The Labute approximate surface area is 481 Å². The molecule has 1 aromatic heterocycles. The number of aromatic amines is 1. The van der Waals surface area contributed by atoms with Gasteiger partial charge < -0.3 is 60.5 Å². The van der Waals surface area contributed by atoms with E-state index in [1.165, 1.54) is 11.1 Å². The second-order valence-electron chi connectivity index (χ2n) is 25.0. The molecule has 17 heteroatoms. The average Bonchev–Trinajstić information content (AvgIpc) is 1.92. The van der Waals surface area contributed by atoms with E-state index < -0.39 is 83.1 Å². The summed E-state index contributed by atoms with van der Waals surface area (Å²) in [4.78, 5) is 19.0. The fourth-order valence-electron chi connectivity index (χ4n) is 18.7. The van der Waals surface area contributed by atoms with Gasteiger partial charge in [-0.2, -0.15) is 0 Å². The number of rotatable bonds is 10. The number of phenols is 1. The van der Waals surface area contributed by atoms with Crippen molar-refractivity contribution in [2.75, 3.05) is 31.6 Å². The monoisotopic (exact) mass is 1160 g/mol. The second kappa shape index (κ2) is 20.1. The highest BCUT2D eigenvalue weighted by atomic mass is 33.1. The van der Waals surface area contributed by atoms with Gasteiger partial charge in [-0.1, -0.05) is 110 Å². The molecule has 12 aliphatic rings. The predicted molar refractivity (Wildman–Crippen MR) is 317 cm³/mol. The van der Waals surface area contributed by atoms with E-state index in [4.69, 9.17) is 14.2 Å². The molecule has 2 spiro atoms. The van der Waals surface area contributed by atoms with Crippen molar-refractivity contribution in [3.05, 3.63) is 119 Å². The van der Waals surface area contributed by atoms with Crippen LogP contribution in [0.5, 0.6) is 11.5 Å². The van der Waals surface area contributed by atoms with Crippen LogP contribution in [-0.4, -0.2) is 132 Å². The Kier molecular flexibility index (Phi) is 13.3. The van der Waals surface area contributed by atoms with Crippen LogP contribution in [0.2, 0.25) is 0 Å². The molecule has 5 aliphatic carbocycles. The van der Waals surface area contributed by atoms with Crippen molar-refractivity contribution in [2.45, 2.75) is 134 Å². The lowest BCUT2D eigenvalue weighted by Gasteiger charge is -2.69. The summed E-state index contributed by atoms with van der Waals surface area (Å²) in [6, 6.07) is 32.5. The van der Waals surface area contributed by atoms with Crippen LogP contribution in [0, 0.1) is 40.9 Å². The third-order valence-corrected chi connectivity index (χ3v) is 28.0. The van der Waals surface area contributed by atoms with Gasteiger partial charge in [-0.3, -0.25) is 0 Å². The Bertz CT molecular complexity index is 3390. The molecule has 9 bridgehead atoms. The van der Waals surface area contributed by atoms with Gasteiger partial charge in [-0.15, -0.1) is 0 Å². The summed E-state index contributed by atoms with van der Waals surface area (Å²) in [6.45, 7) is 0.759.